The summed E-state index contributed by atoms with van der Waals surface area (Å²) in [6, 6.07) is 19.7. The molecule has 0 amide bonds. The number of thioether (sulfide) groups is 1. The van der Waals surface area contributed by atoms with Crippen LogP contribution in [0.4, 0.5) is 0 Å². The molecule has 4 heteroatoms. The van der Waals surface area contributed by atoms with Crippen molar-refractivity contribution < 1.29 is 0 Å². The van der Waals surface area contributed by atoms with Crippen molar-refractivity contribution in [2.45, 2.75) is 10.8 Å². The Morgan fingerprint density at radius 3 is 2.33 bits per heavy atom. The van der Waals surface area contributed by atoms with E-state index in [-0.39, 0.29) is 5.56 Å². The molecular weight excluding hydrogens is 280 g/mol. The predicted molar refractivity (Wildman–Crippen MR) is 85.8 cm³/mol. The number of aromatic nitrogens is 2. The zero-order chi connectivity index (χ0) is 14.5. The standard InChI is InChI=1S/C17H14N2OS/c20-17-16(21-13-14-7-3-1-4-8-14)18-11-12-19(17)15-9-5-2-6-10-15/h1-12H,13H2. The molecule has 0 bridgehead atoms. The van der Waals surface area contributed by atoms with Crippen LogP contribution in [0.25, 0.3) is 5.69 Å². The van der Waals surface area contributed by atoms with Gasteiger partial charge in [-0.25, -0.2) is 4.98 Å². The second kappa shape index (κ2) is 6.41. The molecule has 1 heterocycles. The van der Waals surface area contributed by atoms with Gasteiger partial charge in [0.25, 0.3) is 5.56 Å². The second-order valence-corrected chi connectivity index (χ2v) is 5.48. The van der Waals surface area contributed by atoms with Gasteiger partial charge in [-0.05, 0) is 17.7 Å². The van der Waals surface area contributed by atoms with E-state index >= 15 is 0 Å². The van der Waals surface area contributed by atoms with Gasteiger partial charge in [-0.15, -0.1) is 0 Å². The highest BCUT2D eigenvalue weighted by atomic mass is 32.2. The summed E-state index contributed by atoms with van der Waals surface area (Å²) in [6.07, 6.45) is 3.37. The molecule has 0 aliphatic rings. The van der Waals surface area contributed by atoms with Gasteiger partial charge in [-0.3, -0.25) is 9.36 Å². The fraction of sp³-hybridized carbons (Fsp3) is 0.0588. The van der Waals surface area contributed by atoms with Gasteiger partial charge in [0.15, 0.2) is 5.03 Å². The van der Waals surface area contributed by atoms with Crippen LogP contribution in [-0.4, -0.2) is 9.55 Å². The lowest BCUT2D eigenvalue weighted by Gasteiger charge is -2.07. The van der Waals surface area contributed by atoms with Gasteiger partial charge in [-0.1, -0.05) is 60.3 Å². The van der Waals surface area contributed by atoms with Crippen molar-refractivity contribution in [2.75, 3.05) is 0 Å². The van der Waals surface area contributed by atoms with Crippen molar-refractivity contribution >= 4 is 11.8 Å². The van der Waals surface area contributed by atoms with Crippen LogP contribution in [-0.2, 0) is 5.75 Å². The van der Waals surface area contributed by atoms with Crippen molar-refractivity contribution in [3.05, 3.63) is 89.0 Å². The number of hydrogen-bond acceptors (Lipinski definition) is 3. The van der Waals surface area contributed by atoms with E-state index in [1.54, 1.807) is 17.0 Å². The fourth-order valence-corrected chi connectivity index (χ4v) is 2.86. The Bertz CT molecular complexity index is 770. The SMILES string of the molecule is O=c1c(SCc2ccccc2)nccn1-c1ccccc1. The number of para-hydroxylation sites is 1. The topological polar surface area (TPSA) is 34.9 Å². The van der Waals surface area contributed by atoms with E-state index in [9.17, 15) is 4.79 Å². The van der Waals surface area contributed by atoms with Gasteiger partial charge in [-0.2, -0.15) is 0 Å². The van der Waals surface area contributed by atoms with E-state index in [2.05, 4.69) is 4.98 Å². The highest BCUT2D eigenvalue weighted by Gasteiger charge is 2.07. The zero-order valence-corrected chi connectivity index (χ0v) is 12.2. The molecule has 21 heavy (non-hydrogen) atoms. The smallest absolute Gasteiger partial charge is 0.280 e. The van der Waals surface area contributed by atoms with Crippen LogP contribution >= 0.6 is 11.8 Å². The van der Waals surface area contributed by atoms with E-state index < -0.39 is 0 Å². The van der Waals surface area contributed by atoms with Crippen LogP contribution in [0.2, 0.25) is 0 Å². The van der Waals surface area contributed by atoms with E-state index in [0.29, 0.717) is 5.03 Å². The average Bonchev–Trinajstić information content (AvgIpc) is 2.56. The number of benzene rings is 2. The summed E-state index contributed by atoms with van der Waals surface area (Å²) in [5.41, 5.74) is 1.95. The molecular formula is C17H14N2OS. The molecule has 0 aliphatic heterocycles. The molecule has 0 fully saturated rings. The third-order valence-electron chi connectivity index (χ3n) is 3.06. The van der Waals surface area contributed by atoms with E-state index in [1.165, 1.54) is 17.3 Å². The molecule has 0 unspecified atom stereocenters. The maximum atomic E-state index is 12.5. The summed E-state index contributed by atoms with van der Waals surface area (Å²) < 4.78 is 1.63. The molecule has 3 aromatic rings. The maximum Gasteiger partial charge on any atom is 0.287 e. The summed E-state index contributed by atoms with van der Waals surface area (Å²) in [7, 11) is 0. The lowest BCUT2D eigenvalue weighted by Crippen LogP contribution is -2.20. The minimum Gasteiger partial charge on any atom is -0.280 e. The number of rotatable bonds is 4. The first-order chi connectivity index (χ1) is 10.3. The van der Waals surface area contributed by atoms with Gasteiger partial charge in [0.05, 0.1) is 0 Å². The zero-order valence-electron chi connectivity index (χ0n) is 11.3. The number of nitrogens with zero attached hydrogens (tertiary/aromatic N) is 2. The molecule has 0 atom stereocenters. The Morgan fingerprint density at radius 1 is 0.952 bits per heavy atom. The highest BCUT2D eigenvalue weighted by molar-refractivity contribution is 7.98. The Labute approximate surface area is 127 Å². The van der Waals surface area contributed by atoms with E-state index in [1.807, 2.05) is 60.7 Å². The first kappa shape index (κ1) is 13.6. The summed E-state index contributed by atoms with van der Waals surface area (Å²) in [5, 5.41) is 0.519. The van der Waals surface area contributed by atoms with Crippen molar-refractivity contribution in [1.82, 2.24) is 9.55 Å². The van der Waals surface area contributed by atoms with Crippen LogP contribution in [0.1, 0.15) is 5.56 Å². The quantitative estimate of drug-likeness (QED) is 0.691. The lowest BCUT2D eigenvalue weighted by molar-refractivity contribution is 0.882. The molecule has 0 aliphatic carbocycles. The summed E-state index contributed by atoms with van der Waals surface area (Å²) in [5.74, 6) is 0.738. The minimum atomic E-state index is -0.0790. The molecule has 3 nitrogen and oxygen atoms in total. The van der Waals surface area contributed by atoms with Gasteiger partial charge in [0.2, 0.25) is 0 Å². The molecule has 1 aromatic heterocycles. The normalized spacial score (nSPS) is 10.5. The summed E-state index contributed by atoms with van der Waals surface area (Å²) >= 11 is 1.46. The molecule has 0 saturated heterocycles. The lowest BCUT2D eigenvalue weighted by atomic mass is 10.2. The van der Waals surface area contributed by atoms with Crippen molar-refractivity contribution in [1.29, 1.82) is 0 Å². The molecule has 0 saturated carbocycles. The Kier molecular flexibility index (Phi) is 4.17. The maximum absolute atomic E-state index is 12.5. The molecule has 0 radical (unpaired) electrons. The fourth-order valence-electron chi connectivity index (χ4n) is 2.01. The van der Waals surface area contributed by atoms with Crippen LogP contribution in [0.5, 0.6) is 0 Å². The van der Waals surface area contributed by atoms with Crippen LogP contribution in [0.15, 0.2) is 82.9 Å². The average molecular weight is 294 g/mol. The van der Waals surface area contributed by atoms with Crippen molar-refractivity contribution in [3.63, 3.8) is 0 Å². The van der Waals surface area contributed by atoms with Crippen molar-refractivity contribution in [2.24, 2.45) is 0 Å². The minimum absolute atomic E-state index is 0.0790. The first-order valence-electron chi connectivity index (χ1n) is 6.64. The molecule has 0 spiro atoms. The van der Waals surface area contributed by atoms with E-state index in [0.717, 1.165) is 11.4 Å². The summed E-state index contributed by atoms with van der Waals surface area (Å²) in [4.78, 5) is 16.7. The Morgan fingerprint density at radius 2 is 1.62 bits per heavy atom. The largest absolute Gasteiger partial charge is 0.287 e. The Balaban J connectivity index is 1.86. The molecule has 0 N–H and O–H groups in total. The third kappa shape index (κ3) is 3.23. The predicted octanol–water partition coefficient (Wildman–Crippen LogP) is 3.52. The number of hydrogen-bond donors (Lipinski definition) is 0. The first-order valence-corrected chi connectivity index (χ1v) is 7.63. The third-order valence-corrected chi connectivity index (χ3v) is 4.09. The van der Waals surface area contributed by atoms with Crippen LogP contribution < -0.4 is 5.56 Å². The highest BCUT2D eigenvalue weighted by Crippen LogP contribution is 2.17. The van der Waals surface area contributed by atoms with Gasteiger partial charge in [0.1, 0.15) is 0 Å². The van der Waals surface area contributed by atoms with Crippen LogP contribution in [0, 0.1) is 0 Å². The van der Waals surface area contributed by atoms with Gasteiger partial charge >= 0.3 is 0 Å². The second-order valence-electron chi connectivity index (χ2n) is 4.52. The van der Waals surface area contributed by atoms with Crippen molar-refractivity contribution in [3.8, 4) is 5.69 Å². The van der Waals surface area contributed by atoms with Gasteiger partial charge in [0, 0.05) is 23.8 Å². The monoisotopic (exact) mass is 294 g/mol. The summed E-state index contributed by atoms with van der Waals surface area (Å²) in [6.45, 7) is 0. The molecule has 2 aromatic carbocycles. The molecule has 104 valence electrons. The van der Waals surface area contributed by atoms with E-state index in [4.69, 9.17) is 0 Å². The van der Waals surface area contributed by atoms with Gasteiger partial charge < -0.3 is 0 Å². The van der Waals surface area contributed by atoms with Crippen LogP contribution in [0.3, 0.4) is 0 Å². The molecule has 3 rings (SSSR count). The Hall–Kier alpha value is -2.33.